The number of alkyl halides is 2. The second kappa shape index (κ2) is 12.3. The van der Waals surface area contributed by atoms with Gasteiger partial charge in [0.1, 0.15) is 5.82 Å². The molecule has 1 aliphatic heterocycles. The van der Waals surface area contributed by atoms with E-state index < -0.39 is 40.9 Å². The topological polar surface area (TPSA) is 126 Å². The second-order valence-corrected chi connectivity index (χ2v) is 11.0. The average Bonchev–Trinajstić information content (AvgIpc) is 3.60. The van der Waals surface area contributed by atoms with Crippen LogP contribution in [-0.2, 0) is 11.4 Å². The number of carbonyl (C=O) groups is 2. The molecule has 4 aromatic rings. The SMILES string of the molecule is Cc1c(C(C)n2cc(NC(=O)c3nc(-c4c(C(F)F)ccc(Cl)c4F)cnc3CO)cn2)cnc(N2CC[C@@H](C)C2=O)c1C. The molecule has 44 heavy (non-hydrogen) atoms. The van der Waals surface area contributed by atoms with E-state index in [-0.39, 0.29) is 40.6 Å². The maximum Gasteiger partial charge on any atom is 0.276 e. The summed E-state index contributed by atoms with van der Waals surface area (Å²) in [6, 6.07) is 1.68. The minimum absolute atomic E-state index is 0.0390. The van der Waals surface area contributed by atoms with Crippen LogP contribution in [0.1, 0.15) is 71.2 Å². The maximum atomic E-state index is 14.9. The van der Waals surface area contributed by atoms with Gasteiger partial charge in [0, 0.05) is 36.0 Å². The normalized spacial score (nSPS) is 15.7. The van der Waals surface area contributed by atoms with Gasteiger partial charge < -0.3 is 10.4 Å². The van der Waals surface area contributed by atoms with Gasteiger partial charge >= 0.3 is 0 Å². The lowest BCUT2D eigenvalue weighted by molar-refractivity contribution is -0.119. The van der Waals surface area contributed by atoms with Crippen LogP contribution in [0.2, 0.25) is 5.02 Å². The van der Waals surface area contributed by atoms with Gasteiger partial charge in [-0.25, -0.2) is 23.1 Å². The minimum Gasteiger partial charge on any atom is -0.390 e. The quantitative estimate of drug-likeness (QED) is 0.253. The standard InChI is InChI=1S/C30H29ClF3N7O3/c1-14-7-8-40(30(14)44)28-16(3)15(2)20(10-36-28)17(4)41-12-18(9-37-41)38-29(43)26-23(13-42)35-11-22(39-26)24-19(27(33)34)5-6-21(31)25(24)32/h5-6,9-12,14,17,27,42H,7-8,13H2,1-4H3,(H,38,43)/t14-,17?/m1/s1. The molecule has 14 heteroatoms. The van der Waals surface area contributed by atoms with Gasteiger partial charge in [-0.15, -0.1) is 0 Å². The molecule has 4 heterocycles. The lowest BCUT2D eigenvalue weighted by Gasteiger charge is -2.22. The van der Waals surface area contributed by atoms with Crippen molar-refractivity contribution < 1.29 is 27.9 Å². The Morgan fingerprint density at radius 2 is 1.91 bits per heavy atom. The highest BCUT2D eigenvalue weighted by Gasteiger charge is 2.32. The van der Waals surface area contributed by atoms with Gasteiger partial charge in [-0.1, -0.05) is 24.6 Å². The summed E-state index contributed by atoms with van der Waals surface area (Å²) in [7, 11) is 0. The summed E-state index contributed by atoms with van der Waals surface area (Å²) in [4.78, 5) is 40.2. The number of pyridine rings is 1. The first-order valence-corrected chi connectivity index (χ1v) is 14.2. The maximum absolute atomic E-state index is 14.9. The van der Waals surface area contributed by atoms with Crippen molar-refractivity contribution >= 4 is 34.9 Å². The fourth-order valence-electron chi connectivity index (χ4n) is 5.22. The van der Waals surface area contributed by atoms with E-state index in [2.05, 4.69) is 25.4 Å². The van der Waals surface area contributed by atoms with Crippen LogP contribution in [0.25, 0.3) is 11.3 Å². The van der Waals surface area contributed by atoms with Gasteiger partial charge in [-0.05, 0) is 49.9 Å². The average molecular weight is 628 g/mol. The number of aliphatic hydroxyl groups is 1. The van der Waals surface area contributed by atoms with Crippen molar-refractivity contribution in [2.75, 3.05) is 16.8 Å². The van der Waals surface area contributed by atoms with Crippen LogP contribution in [0.3, 0.4) is 0 Å². The van der Waals surface area contributed by atoms with Gasteiger partial charge in [0.2, 0.25) is 5.91 Å². The third kappa shape index (κ3) is 5.64. The number of hydrogen-bond acceptors (Lipinski definition) is 7. The Hall–Kier alpha value is -4.36. The summed E-state index contributed by atoms with van der Waals surface area (Å²) in [5.74, 6) is -1.30. The molecular formula is C30H29ClF3N7O3. The first-order valence-electron chi connectivity index (χ1n) is 13.8. The zero-order chi connectivity index (χ0) is 31.9. The van der Waals surface area contributed by atoms with Gasteiger partial charge in [0.15, 0.2) is 11.5 Å². The molecule has 0 spiro atoms. The zero-order valence-electron chi connectivity index (χ0n) is 24.3. The molecule has 230 valence electrons. The highest BCUT2D eigenvalue weighted by Crippen LogP contribution is 2.36. The van der Waals surface area contributed by atoms with E-state index in [1.54, 1.807) is 22.0 Å². The number of benzene rings is 1. The minimum atomic E-state index is -3.05. The number of nitrogens with zero attached hydrogens (tertiary/aromatic N) is 6. The van der Waals surface area contributed by atoms with Crippen LogP contribution in [0.15, 0.2) is 36.9 Å². The molecule has 0 radical (unpaired) electrons. The Bertz CT molecular complexity index is 1760. The Labute approximate surface area is 255 Å². The van der Waals surface area contributed by atoms with Gasteiger partial charge in [0.25, 0.3) is 12.3 Å². The molecular weight excluding hydrogens is 599 g/mol. The monoisotopic (exact) mass is 627 g/mol. The van der Waals surface area contributed by atoms with Crippen molar-refractivity contribution in [1.82, 2.24) is 24.7 Å². The number of aromatic nitrogens is 5. The van der Waals surface area contributed by atoms with Gasteiger partial charge in [0.05, 0.1) is 47.1 Å². The van der Waals surface area contributed by atoms with Crippen LogP contribution in [-0.4, -0.2) is 48.2 Å². The summed E-state index contributed by atoms with van der Waals surface area (Å²) >= 11 is 5.83. The van der Waals surface area contributed by atoms with Crippen molar-refractivity contribution in [1.29, 1.82) is 0 Å². The molecule has 2 atom stereocenters. The molecule has 3 aromatic heterocycles. The van der Waals surface area contributed by atoms with Crippen LogP contribution in [0, 0.1) is 25.6 Å². The number of carbonyl (C=O) groups excluding carboxylic acids is 2. The molecule has 1 aromatic carbocycles. The highest BCUT2D eigenvalue weighted by atomic mass is 35.5. The lowest BCUT2D eigenvalue weighted by Crippen LogP contribution is -2.28. The van der Waals surface area contributed by atoms with Crippen molar-refractivity contribution in [2.24, 2.45) is 5.92 Å². The molecule has 0 bridgehead atoms. The smallest absolute Gasteiger partial charge is 0.276 e. The van der Waals surface area contributed by atoms with Crippen LogP contribution in [0.4, 0.5) is 24.7 Å². The molecule has 0 aliphatic carbocycles. The van der Waals surface area contributed by atoms with E-state index in [1.165, 1.54) is 6.20 Å². The van der Waals surface area contributed by atoms with Crippen LogP contribution in [0.5, 0.6) is 0 Å². The van der Waals surface area contributed by atoms with E-state index in [9.17, 15) is 27.9 Å². The van der Waals surface area contributed by atoms with Crippen LogP contribution < -0.4 is 10.2 Å². The molecule has 1 unspecified atom stereocenters. The Kier molecular flexibility index (Phi) is 8.71. The number of amides is 2. The molecule has 2 N–H and O–H groups in total. The van der Waals surface area contributed by atoms with Crippen molar-refractivity contribution in [3.63, 3.8) is 0 Å². The number of aliphatic hydroxyl groups excluding tert-OH is 1. The zero-order valence-corrected chi connectivity index (χ0v) is 25.0. The van der Waals surface area contributed by atoms with E-state index in [0.29, 0.717) is 12.4 Å². The van der Waals surface area contributed by atoms with E-state index in [0.717, 1.165) is 41.4 Å². The van der Waals surface area contributed by atoms with Crippen molar-refractivity contribution in [3.8, 4) is 11.3 Å². The number of anilines is 2. The fourth-order valence-corrected chi connectivity index (χ4v) is 5.38. The van der Waals surface area contributed by atoms with E-state index >= 15 is 0 Å². The molecule has 1 aliphatic rings. The third-order valence-electron chi connectivity index (χ3n) is 7.92. The fraction of sp³-hybridized carbons (Fsp3) is 0.333. The largest absolute Gasteiger partial charge is 0.390 e. The van der Waals surface area contributed by atoms with Crippen LogP contribution >= 0.6 is 11.6 Å². The summed E-state index contributed by atoms with van der Waals surface area (Å²) in [6.07, 6.45) is 3.43. The Morgan fingerprint density at radius 1 is 1.16 bits per heavy atom. The molecule has 2 amide bonds. The first kappa shape index (κ1) is 31.1. The van der Waals surface area contributed by atoms with E-state index in [1.807, 2.05) is 27.7 Å². The summed E-state index contributed by atoms with van der Waals surface area (Å²) < 4.78 is 43.8. The Balaban J connectivity index is 1.40. The summed E-state index contributed by atoms with van der Waals surface area (Å²) in [6.45, 7) is 7.63. The number of hydrogen-bond donors (Lipinski definition) is 2. The van der Waals surface area contributed by atoms with Gasteiger partial charge in [-0.2, -0.15) is 5.10 Å². The number of nitrogens with one attached hydrogen (secondary N) is 1. The summed E-state index contributed by atoms with van der Waals surface area (Å²) in [5, 5.41) is 16.3. The number of halogens is 4. The van der Waals surface area contributed by atoms with Crippen molar-refractivity contribution in [2.45, 2.75) is 53.2 Å². The molecule has 10 nitrogen and oxygen atoms in total. The molecule has 1 saturated heterocycles. The van der Waals surface area contributed by atoms with Gasteiger partial charge in [-0.3, -0.25) is 24.2 Å². The first-order chi connectivity index (χ1) is 20.9. The molecule has 1 fully saturated rings. The van der Waals surface area contributed by atoms with E-state index in [4.69, 9.17) is 11.6 Å². The number of rotatable bonds is 8. The molecule has 0 saturated carbocycles. The van der Waals surface area contributed by atoms with Crippen molar-refractivity contribution in [3.05, 3.63) is 81.4 Å². The third-order valence-corrected chi connectivity index (χ3v) is 8.22. The predicted octanol–water partition coefficient (Wildman–Crippen LogP) is 5.81. The second-order valence-electron chi connectivity index (χ2n) is 10.6. The highest BCUT2D eigenvalue weighted by molar-refractivity contribution is 6.31. The lowest BCUT2D eigenvalue weighted by atomic mass is 10.0. The Morgan fingerprint density at radius 3 is 2.57 bits per heavy atom. The summed E-state index contributed by atoms with van der Waals surface area (Å²) in [5.41, 5.74) is 0.841. The predicted molar refractivity (Wildman–Crippen MR) is 157 cm³/mol. The molecule has 5 rings (SSSR count).